The third kappa shape index (κ3) is 2.80. The summed E-state index contributed by atoms with van der Waals surface area (Å²) in [4.78, 5) is 4.30. The summed E-state index contributed by atoms with van der Waals surface area (Å²) in [5.41, 5.74) is 1.42. The second kappa shape index (κ2) is 5.73. The van der Waals surface area contributed by atoms with Gasteiger partial charge >= 0.3 is 0 Å². The van der Waals surface area contributed by atoms with Crippen LogP contribution in [0, 0.1) is 0 Å². The van der Waals surface area contributed by atoms with E-state index >= 15 is 0 Å². The number of thioether (sulfide) groups is 1. The molecule has 90 valence electrons. The van der Waals surface area contributed by atoms with E-state index in [1.54, 1.807) is 0 Å². The van der Waals surface area contributed by atoms with Gasteiger partial charge in [0.15, 0.2) is 0 Å². The van der Waals surface area contributed by atoms with Crippen molar-refractivity contribution >= 4 is 11.8 Å². The fourth-order valence-corrected chi connectivity index (χ4v) is 2.54. The van der Waals surface area contributed by atoms with Gasteiger partial charge in [-0.1, -0.05) is 6.92 Å². The molecule has 0 bridgehead atoms. The third-order valence-corrected chi connectivity index (χ3v) is 4.44. The topological polar surface area (TPSA) is 29.9 Å². The number of rotatable bonds is 5. The lowest BCUT2D eigenvalue weighted by Crippen LogP contribution is -2.12. The van der Waals surface area contributed by atoms with Gasteiger partial charge in [-0.3, -0.25) is 0 Å². The van der Waals surface area contributed by atoms with Gasteiger partial charge in [-0.15, -0.1) is 0 Å². The van der Waals surface area contributed by atoms with E-state index in [4.69, 9.17) is 0 Å². The minimum Gasteiger partial charge on any atom is -0.334 e. The van der Waals surface area contributed by atoms with Crippen molar-refractivity contribution in [1.29, 1.82) is 0 Å². The van der Waals surface area contributed by atoms with E-state index in [1.165, 1.54) is 18.5 Å². The van der Waals surface area contributed by atoms with Crippen LogP contribution in [0.5, 0.6) is 0 Å². The molecule has 0 saturated carbocycles. The molecule has 1 N–H and O–H groups in total. The fraction of sp³-hybridized carbons (Fsp3) is 0.750. The van der Waals surface area contributed by atoms with E-state index in [9.17, 15) is 0 Å². The van der Waals surface area contributed by atoms with Crippen LogP contribution in [-0.2, 0) is 6.54 Å². The van der Waals surface area contributed by atoms with Gasteiger partial charge < -0.3 is 9.88 Å². The smallest absolute Gasteiger partial charge is 0.0948 e. The van der Waals surface area contributed by atoms with E-state index in [-0.39, 0.29) is 0 Å². The first-order valence-corrected chi connectivity index (χ1v) is 7.33. The standard InChI is InChI=1S/C12H21N3S/c1-10(16-2)4-6-15-9-14-8-12(15)11-3-5-13-7-11/h8-11,13H,3-7H2,1-2H3. The van der Waals surface area contributed by atoms with E-state index in [0.29, 0.717) is 5.92 Å². The van der Waals surface area contributed by atoms with E-state index < -0.39 is 0 Å². The molecule has 3 nitrogen and oxygen atoms in total. The molecule has 0 radical (unpaired) electrons. The number of nitrogens with one attached hydrogen (secondary N) is 1. The summed E-state index contributed by atoms with van der Waals surface area (Å²) >= 11 is 1.94. The number of nitrogens with zero attached hydrogens (tertiary/aromatic N) is 2. The Hall–Kier alpha value is -0.480. The van der Waals surface area contributed by atoms with Crippen LogP contribution in [0.1, 0.15) is 31.4 Å². The van der Waals surface area contributed by atoms with Crippen molar-refractivity contribution in [3.05, 3.63) is 18.2 Å². The summed E-state index contributed by atoms with van der Waals surface area (Å²) in [7, 11) is 0. The molecule has 0 spiro atoms. The van der Waals surface area contributed by atoms with Crippen LogP contribution < -0.4 is 5.32 Å². The second-order valence-electron chi connectivity index (χ2n) is 4.54. The highest BCUT2D eigenvalue weighted by molar-refractivity contribution is 7.99. The summed E-state index contributed by atoms with van der Waals surface area (Å²) in [6, 6.07) is 0. The molecular formula is C12H21N3S. The zero-order chi connectivity index (χ0) is 11.4. The van der Waals surface area contributed by atoms with Crippen LogP contribution in [0.15, 0.2) is 12.5 Å². The number of hydrogen-bond donors (Lipinski definition) is 1. The normalized spacial score (nSPS) is 22.5. The predicted molar refractivity (Wildman–Crippen MR) is 70.0 cm³/mol. The molecule has 0 aromatic carbocycles. The lowest BCUT2D eigenvalue weighted by Gasteiger charge is -2.14. The summed E-state index contributed by atoms with van der Waals surface area (Å²) in [5.74, 6) is 0.673. The monoisotopic (exact) mass is 239 g/mol. The Morgan fingerprint density at radius 1 is 1.69 bits per heavy atom. The molecule has 0 aliphatic carbocycles. The molecule has 2 heterocycles. The number of aromatic nitrogens is 2. The first kappa shape index (κ1) is 12.0. The second-order valence-corrected chi connectivity index (χ2v) is 5.81. The number of hydrogen-bond acceptors (Lipinski definition) is 3. The Labute approximate surface area is 102 Å². The van der Waals surface area contributed by atoms with Gasteiger partial charge in [0.1, 0.15) is 0 Å². The van der Waals surface area contributed by atoms with Crippen LogP contribution in [0.25, 0.3) is 0 Å². The summed E-state index contributed by atoms with van der Waals surface area (Å²) in [5, 5.41) is 4.15. The molecule has 2 atom stereocenters. The maximum Gasteiger partial charge on any atom is 0.0948 e. The van der Waals surface area contributed by atoms with Crippen molar-refractivity contribution in [2.24, 2.45) is 0 Å². The quantitative estimate of drug-likeness (QED) is 0.853. The summed E-state index contributed by atoms with van der Waals surface area (Å²) < 4.78 is 2.34. The Bertz CT molecular complexity index is 318. The average Bonchev–Trinajstić information content (AvgIpc) is 2.95. The van der Waals surface area contributed by atoms with Crippen LogP contribution in [0.4, 0.5) is 0 Å². The fourth-order valence-electron chi connectivity index (χ4n) is 2.20. The molecule has 16 heavy (non-hydrogen) atoms. The van der Waals surface area contributed by atoms with Crippen molar-refractivity contribution in [1.82, 2.24) is 14.9 Å². The highest BCUT2D eigenvalue weighted by Gasteiger charge is 2.19. The van der Waals surface area contributed by atoms with Crippen LogP contribution >= 0.6 is 11.8 Å². The Morgan fingerprint density at radius 2 is 2.56 bits per heavy atom. The van der Waals surface area contributed by atoms with Crippen molar-refractivity contribution in [2.75, 3.05) is 19.3 Å². The van der Waals surface area contributed by atoms with Crippen LogP contribution in [-0.4, -0.2) is 34.1 Å². The average molecular weight is 239 g/mol. The van der Waals surface area contributed by atoms with Gasteiger partial charge in [0.2, 0.25) is 0 Å². The van der Waals surface area contributed by atoms with E-state index in [0.717, 1.165) is 24.9 Å². The van der Waals surface area contributed by atoms with Crippen molar-refractivity contribution < 1.29 is 0 Å². The molecule has 2 rings (SSSR count). The van der Waals surface area contributed by atoms with E-state index in [2.05, 4.69) is 28.0 Å². The van der Waals surface area contributed by atoms with Gasteiger partial charge in [-0.05, 0) is 25.6 Å². The van der Waals surface area contributed by atoms with Gasteiger partial charge in [0.05, 0.1) is 6.33 Å². The largest absolute Gasteiger partial charge is 0.334 e. The van der Waals surface area contributed by atoms with Gasteiger partial charge in [0.25, 0.3) is 0 Å². The van der Waals surface area contributed by atoms with Crippen LogP contribution in [0.2, 0.25) is 0 Å². The molecular weight excluding hydrogens is 218 g/mol. The van der Waals surface area contributed by atoms with Crippen LogP contribution in [0.3, 0.4) is 0 Å². The Kier molecular flexibility index (Phi) is 4.29. The zero-order valence-corrected chi connectivity index (χ0v) is 11.0. The molecule has 0 amide bonds. The lowest BCUT2D eigenvalue weighted by atomic mass is 10.1. The molecule has 1 fully saturated rings. The molecule has 2 unspecified atom stereocenters. The lowest BCUT2D eigenvalue weighted by molar-refractivity contribution is 0.584. The minimum absolute atomic E-state index is 0.673. The first-order valence-electron chi connectivity index (χ1n) is 6.04. The molecule has 1 aromatic rings. The maximum atomic E-state index is 4.30. The SMILES string of the molecule is CSC(C)CCn1cncc1C1CCNC1. The van der Waals surface area contributed by atoms with Crippen molar-refractivity contribution in [3.63, 3.8) is 0 Å². The molecule has 1 saturated heterocycles. The van der Waals surface area contributed by atoms with Gasteiger partial charge in [-0.2, -0.15) is 11.8 Å². The number of aryl methyl sites for hydroxylation is 1. The summed E-state index contributed by atoms with van der Waals surface area (Å²) in [6.45, 7) is 5.66. The number of imidazole rings is 1. The predicted octanol–water partition coefficient (Wildman–Crippen LogP) is 2.10. The molecule has 1 aromatic heterocycles. The Morgan fingerprint density at radius 3 is 3.25 bits per heavy atom. The molecule has 1 aliphatic rings. The molecule has 1 aliphatic heterocycles. The maximum absolute atomic E-state index is 4.30. The van der Waals surface area contributed by atoms with E-state index in [1.807, 2.05) is 24.3 Å². The third-order valence-electron chi connectivity index (χ3n) is 3.40. The highest BCUT2D eigenvalue weighted by atomic mass is 32.2. The van der Waals surface area contributed by atoms with Crippen molar-refractivity contribution in [3.8, 4) is 0 Å². The Balaban J connectivity index is 1.95. The molecule has 4 heteroatoms. The summed E-state index contributed by atoms with van der Waals surface area (Å²) in [6.07, 6.45) is 8.69. The van der Waals surface area contributed by atoms with Crippen molar-refractivity contribution in [2.45, 2.75) is 37.5 Å². The first-order chi connectivity index (χ1) is 7.81. The van der Waals surface area contributed by atoms with Gasteiger partial charge in [-0.25, -0.2) is 4.98 Å². The minimum atomic E-state index is 0.673. The van der Waals surface area contributed by atoms with Gasteiger partial charge in [0, 0.05) is 36.1 Å². The highest BCUT2D eigenvalue weighted by Crippen LogP contribution is 2.22. The zero-order valence-electron chi connectivity index (χ0n) is 10.1.